The first-order chi connectivity index (χ1) is 15.9. The highest BCUT2D eigenvalue weighted by Crippen LogP contribution is 2.38. The molecule has 0 bridgehead atoms. The van der Waals surface area contributed by atoms with Crippen molar-refractivity contribution in [3.8, 4) is 22.5 Å². The second kappa shape index (κ2) is 8.14. The van der Waals surface area contributed by atoms with Crippen LogP contribution in [0.2, 0.25) is 0 Å². The zero-order valence-electron chi connectivity index (χ0n) is 18.3. The molecule has 1 amide bonds. The summed E-state index contributed by atoms with van der Waals surface area (Å²) in [6.07, 6.45) is 7.35. The number of furan rings is 1. The Kier molecular flexibility index (Phi) is 5.14. The summed E-state index contributed by atoms with van der Waals surface area (Å²) in [4.78, 5) is 17.8. The van der Waals surface area contributed by atoms with Crippen LogP contribution in [-0.4, -0.2) is 38.7 Å². The lowest BCUT2D eigenvalue weighted by molar-refractivity contribution is -0.130. The zero-order chi connectivity index (χ0) is 23.1. The number of carbonyl (C=O) groups excluding carboxylic acids is 1. The van der Waals surface area contributed by atoms with Crippen molar-refractivity contribution >= 4 is 34.1 Å². The normalized spacial score (nSPS) is 14.7. The minimum absolute atomic E-state index is 0.122. The molecule has 170 valence electrons. The Balaban J connectivity index is 1.48. The van der Waals surface area contributed by atoms with E-state index in [0.717, 1.165) is 48.0 Å². The standard InChI is InChI=1S/C23H26N8O2/c1-13(32)30-6-4-16(5-7-30)31-12-15(10-28-31)18-11-27-23(25)22-17(18)9-21(33-22)14-2-3-20(29-26)19(24)8-14/h2-3,8-12,16,29H,4-7,24,26H2,1H3,(H2,25,27). The first-order valence-electron chi connectivity index (χ1n) is 10.8. The van der Waals surface area contributed by atoms with Gasteiger partial charge in [-0.2, -0.15) is 5.10 Å². The van der Waals surface area contributed by atoms with E-state index in [0.29, 0.717) is 28.5 Å². The predicted molar refractivity (Wildman–Crippen MR) is 128 cm³/mol. The van der Waals surface area contributed by atoms with Crippen LogP contribution in [0.4, 0.5) is 17.2 Å². The Morgan fingerprint density at radius 1 is 1.15 bits per heavy atom. The van der Waals surface area contributed by atoms with Crippen LogP contribution in [0.3, 0.4) is 0 Å². The van der Waals surface area contributed by atoms with Crippen molar-refractivity contribution < 1.29 is 9.21 Å². The molecule has 10 nitrogen and oxygen atoms in total. The summed E-state index contributed by atoms with van der Waals surface area (Å²) in [7, 11) is 0. The van der Waals surface area contributed by atoms with Gasteiger partial charge in [-0.15, -0.1) is 0 Å². The average molecular weight is 447 g/mol. The number of anilines is 3. The number of fused-ring (bicyclic) bond motifs is 1. The highest BCUT2D eigenvalue weighted by Gasteiger charge is 2.23. The molecular weight excluding hydrogens is 420 g/mol. The fourth-order valence-electron chi connectivity index (χ4n) is 4.39. The summed E-state index contributed by atoms with van der Waals surface area (Å²) >= 11 is 0. The van der Waals surface area contributed by atoms with E-state index in [-0.39, 0.29) is 11.9 Å². The number of amides is 1. The summed E-state index contributed by atoms with van der Waals surface area (Å²) in [5.74, 6) is 6.55. The van der Waals surface area contributed by atoms with Gasteiger partial charge in [0.2, 0.25) is 5.91 Å². The predicted octanol–water partition coefficient (Wildman–Crippen LogP) is 2.99. The number of carbonyl (C=O) groups is 1. The molecule has 1 fully saturated rings. The minimum Gasteiger partial charge on any atom is -0.452 e. The number of likely N-dealkylation sites (tertiary alicyclic amines) is 1. The number of hydrogen-bond donors (Lipinski definition) is 4. The monoisotopic (exact) mass is 446 g/mol. The van der Waals surface area contributed by atoms with Crippen molar-refractivity contribution in [2.75, 3.05) is 30.0 Å². The van der Waals surface area contributed by atoms with E-state index in [1.165, 1.54) is 0 Å². The number of aromatic nitrogens is 3. The van der Waals surface area contributed by atoms with Crippen molar-refractivity contribution in [2.24, 2.45) is 5.84 Å². The number of benzene rings is 1. The summed E-state index contributed by atoms with van der Waals surface area (Å²) in [6, 6.07) is 7.65. The maximum Gasteiger partial charge on any atom is 0.219 e. The van der Waals surface area contributed by atoms with Gasteiger partial charge in [0.15, 0.2) is 11.4 Å². The van der Waals surface area contributed by atoms with Gasteiger partial charge >= 0.3 is 0 Å². The van der Waals surface area contributed by atoms with Crippen LogP contribution in [-0.2, 0) is 4.79 Å². The van der Waals surface area contributed by atoms with E-state index in [2.05, 4.69) is 15.5 Å². The number of nitrogens with zero attached hydrogens (tertiary/aromatic N) is 4. The van der Waals surface area contributed by atoms with Gasteiger partial charge in [0.1, 0.15) is 5.76 Å². The number of nitrogens with one attached hydrogen (secondary N) is 1. The van der Waals surface area contributed by atoms with Gasteiger partial charge in [0.05, 0.1) is 23.6 Å². The Morgan fingerprint density at radius 2 is 1.94 bits per heavy atom. The second-order valence-electron chi connectivity index (χ2n) is 8.30. The number of pyridine rings is 1. The third-order valence-corrected chi connectivity index (χ3v) is 6.28. The summed E-state index contributed by atoms with van der Waals surface area (Å²) < 4.78 is 8.05. The van der Waals surface area contributed by atoms with Gasteiger partial charge < -0.3 is 26.2 Å². The van der Waals surface area contributed by atoms with Crippen molar-refractivity contribution in [3.05, 3.63) is 42.9 Å². The molecule has 7 N–H and O–H groups in total. The van der Waals surface area contributed by atoms with Crippen LogP contribution in [0, 0.1) is 0 Å². The topological polar surface area (TPSA) is 154 Å². The quantitative estimate of drug-likeness (QED) is 0.212. The first kappa shape index (κ1) is 20.8. The van der Waals surface area contributed by atoms with Gasteiger partial charge in [-0.05, 0) is 37.1 Å². The van der Waals surface area contributed by atoms with E-state index in [1.807, 2.05) is 34.1 Å². The van der Waals surface area contributed by atoms with Crippen molar-refractivity contribution in [3.63, 3.8) is 0 Å². The van der Waals surface area contributed by atoms with E-state index in [4.69, 9.17) is 21.7 Å². The average Bonchev–Trinajstić information content (AvgIpc) is 3.48. The number of nitrogens with two attached hydrogens (primary N) is 3. The summed E-state index contributed by atoms with van der Waals surface area (Å²) in [5.41, 5.74) is 19.0. The van der Waals surface area contributed by atoms with Gasteiger partial charge in [-0.3, -0.25) is 15.3 Å². The van der Waals surface area contributed by atoms with Gasteiger partial charge in [0, 0.05) is 54.5 Å². The van der Waals surface area contributed by atoms with Crippen LogP contribution in [0.15, 0.2) is 47.3 Å². The maximum absolute atomic E-state index is 11.6. The fourth-order valence-corrected chi connectivity index (χ4v) is 4.39. The first-order valence-corrected chi connectivity index (χ1v) is 10.8. The molecule has 0 radical (unpaired) electrons. The second-order valence-corrected chi connectivity index (χ2v) is 8.30. The van der Waals surface area contributed by atoms with E-state index in [1.54, 1.807) is 25.3 Å². The maximum atomic E-state index is 11.6. The van der Waals surface area contributed by atoms with Gasteiger partial charge in [-0.1, -0.05) is 0 Å². The molecule has 0 atom stereocenters. The van der Waals surface area contributed by atoms with Crippen molar-refractivity contribution in [1.29, 1.82) is 0 Å². The smallest absolute Gasteiger partial charge is 0.219 e. The molecule has 0 unspecified atom stereocenters. The third kappa shape index (κ3) is 3.74. The number of nitrogen functional groups attached to an aromatic ring is 3. The number of piperidine rings is 1. The molecule has 1 saturated heterocycles. The lowest BCUT2D eigenvalue weighted by Gasteiger charge is -2.31. The zero-order valence-corrected chi connectivity index (χ0v) is 18.3. The Hall–Kier alpha value is -4.05. The van der Waals surface area contributed by atoms with Crippen molar-refractivity contribution in [1.82, 2.24) is 19.7 Å². The lowest BCUT2D eigenvalue weighted by atomic mass is 10.0. The fraction of sp³-hybridized carbons (Fsp3) is 0.261. The van der Waals surface area contributed by atoms with Crippen molar-refractivity contribution in [2.45, 2.75) is 25.8 Å². The molecule has 4 heterocycles. The molecule has 10 heteroatoms. The molecule has 5 rings (SSSR count). The molecule has 1 aliphatic heterocycles. The molecule has 4 aromatic rings. The van der Waals surface area contributed by atoms with Crippen LogP contribution in [0.1, 0.15) is 25.8 Å². The molecule has 1 aromatic carbocycles. The largest absolute Gasteiger partial charge is 0.452 e. The highest BCUT2D eigenvalue weighted by atomic mass is 16.3. The van der Waals surface area contributed by atoms with Crippen LogP contribution < -0.4 is 22.7 Å². The Bertz CT molecular complexity index is 1330. The molecular formula is C23H26N8O2. The van der Waals surface area contributed by atoms with Crippen LogP contribution >= 0.6 is 0 Å². The SMILES string of the molecule is CC(=O)N1CCC(n2cc(-c3cnc(N)c4oc(-c5ccc(NN)c(N)c5)cc34)cn2)CC1. The van der Waals surface area contributed by atoms with E-state index >= 15 is 0 Å². The Morgan fingerprint density at radius 3 is 2.64 bits per heavy atom. The minimum atomic E-state index is 0.122. The Labute approximate surface area is 190 Å². The summed E-state index contributed by atoms with van der Waals surface area (Å²) in [5, 5.41) is 5.45. The highest BCUT2D eigenvalue weighted by molar-refractivity contribution is 6.00. The number of hydrogen-bond acceptors (Lipinski definition) is 8. The lowest BCUT2D eigenvalue weighted by Crippen LogP contribution is -2.37. The van der Waals surface area contributed by atoms with Gasteiger partial charge in [-0.25, -0.2) is 4.98 Å². The van der Waals surface area contributed by atoms with E-state index in [9.17, 15) is 4.79 Å². The third-order valence-electron chi connectivity index (χ3n) is 6.28. The number of hydrazine groups is 1. The molecule has 0 spiro atoms. The van der Waals surface area contributed by atoms with Crippen LogP contribution in [0.5, 0.6) is 0 Å². The van der Waals surface area contributed by atoms with Crippen LogP contribution in [0.25, 0.3) is 33.4 Å². The van der Waals surface area contributed by atoms with E-state index < -0.39 is 0 Å². The molecule has 0 aliphatic carbocycles. The summed E-state index contributed by atoms with van der Waals surface area (Å²) in [6.45, 7) is 3.10. The molecule has 0 saturated carbocycles. The molecule has 3 aromatic heterocycles. The number of rotatable bonds is 4. The molecule has 33 heavy (non-hydrogen) atoms. The molecule has 1 aliphatic rings. The van der Waals surface area contributed by atoms with Gasteiger partial charge in [0.25, 0.3) is 0 Å².